The Morgan fingerprint density at radius 1 is 0.750 bits per heavy atom. The Morgan fingerprint density at radius 2 is 1.33 bits per heavy atom. The van der Waals surface area contributed by atoms with Crippen molar-refractivity contribution >= 4 is 68.7 Å². The molecule has 2 atom stereocenters. The molecule has 0 saturated carbocycles. The van der Waals surface area contributed by atoms with Crippen molar-refractivity contribution in [3.63, 3.8) is 0 Å². The number of carboxylic acid groups (broad SMARTS) is 2. The van der Waals surface area contributed by atoms with Crippen LogP contribution >= 0.6 is 0 Å². The van der Waals surface area contributed by atoms with Crippen LogP contribution in [0.15, 0.2) is 54.1 Å². The average Bonchev–Trinajstić information content (AvgIpc) is 3.85. The molecule has 60 heavy (non-hydrogen) atoms. The van der Waals surface area contributed by atoms with Crippen molar-refractivity contribution < 1.29 is 46.8 Å². The van der Waals surface area contributed by atoms with E-state index in [0.717, 1.165) is 41.5 Å². The van der Waals surface area contributed by atoms with Crippen LogP contribution in [0.25, 0.3) is 50.4 Å². The van der Waals surface area contributed by atoms with E-state index in [1.54, 1.807) is 18.2 Å². The van der Waals surface area contributed by atoms with Crippen LogP contribution in [-0.2, 0) is 33.1 Å². The number of aryl methyl sites for hydroxylation is 2. The summed E-state index contributed by atoms with van der Waals surface area (Å²) in [4.78, 5) is 56.1. The third-order valence-corrected chi connectivity index (χ3v) is 11.5. The van der Waals surface area contributed by atoms with Gasteiger partial charge in [-0.2, -0.15) is 0 Å². The van der Waals surface area contributed by atoms with Crippen LogP contribution in [0.5, 0.6) is 0 Å². The Balaban J connectivity index is 0.00000794. The molecule has 2 aliphatic rings. The van der Waals surface area contributed by atoms with Crippen molar-refractivity contribution in [3.05, 3.63) is 99.2 Å². The molecule has 0 saturated heterocycles. The summed E-state index contributed by atoms with van der Waals surface area (Å²) in [5.74, 6) is -1.30. The molecule has 3 N–H and O–H groups in total. The van der Waals surface area contributed by atoms with E-state index in [1.807, 2.05) is 32.9 Å². The van der Waals surface area contributed by atoms with Gasteiger partial charge in [0, 0.05) is 24.0 Å². The minimum atomic E-state index is -1.02. The molecular formula is C49H58FeN4O6. The molecule has 0 amide bonds. The number of aromatic nitrogens is 4. The Labute approximate surface area is 364 Å². The SMILES string of the molecule is C=Cc1c(C)c2cc3nc(cc4[n-]c(cc5nc(cc1[n-]2)C(C)=C5CCC(=O)O)c(CCC(=O)O)c4C=O)C(C)=C3[C@@H](O)CC/C=C(\C)CCCC(C)CCC=C(C)C.[Fe+2]. The number of allylic oxidation sites excluding steroid dienone is 7. The number of rotatable bonds is 19. The van der Waals surface area contributed by atoms with Crippen molar-refractivity contribution in [2.75, 3.05) is 0 Å². The van der Waals surface area contributed by atoms with Gasteiger partial charge in [0.05, 0.1) is 28.9 Å². The van der Waals surface area contributed by atoms with E-state index >= 15 is 0 Å². The van der Waals surface area contributed by atoms with E-state index in [9.17, 15) is 29.7 Å². The molecule has 318 valence electrons. The molecule has 8 bridgehead atoms. The van der Waals surface area contributed by atoms with Crippen molar-refractivity contribution in [2.24, 2.45) is 5.92 Å². The minimum absolute atomic E-state index is 0. The summed E-state index contributed by atoms with van der Waals surface area (Å²) in [7, 11) is 0. The van der Waals surface area contributed by atoms with Crippen LogP contribution in [-0.4, -0.2) is 49.6 Å². The van der Waals surface area contributed by atoms with E-state index < -0.39 is 18.0 Å². The van der Waals surface area contributed by atoms with E-state index in [2.05, 4.69) is 46.4 Å². The molecule has 10 nitrogen and oxygen atoms in total. The van der Waals surface area contributed by atoms with Crippen LogP contribution in [0, 0.1) is 12.8 Å². The fraction of sp³-hybridized carbons (Fsp3) is 0.408. The monoisotopic (exact) mass is 854 g/mol. The van der Waals surface area contributed by atoms with Crippen molar-refractivity contribution in [1.29, 1.82) is 0 Å². The molecule has 3 aromatic heterocycles. The van der Waals surface area contributed by atoms with Gasteiger partial charge >= 0.3 is 29.0 Å². The Morgan fingerprint density at radius 3 is 1.98 bits per heavy atom. The summed E-state index contributed by atoms with van der Waals surface area (Å²) in [5, 5.41) is 31.1. The number of carbonyl (C=O) groups excluding carboxylic acids is 1. The molecule has 0 aliphatic carbocycles. The molecule has 5 rings (SSSR count). The van der Waals surface area contributed by atoms with Gasteiger partial charge in [-0.1, -0.05) is 84.7 Å². The summed E-state index contributed by atoms with van der Waals surface area (Å²) < 4.78 is 0. The summed E-state index contributed by atoms with van der Waals surface area (Å²) in [6.07, 6.45) is 12.9. The number of carboxylic acids is 2. The van der Waals surface area contributed by atoms with Gasteiger partial charge in [0.2, 0.25) is 0 Å². The van der Waals surface area contributed by atoms with E-state index in [-0.39, 0.29) is 48.3 Å². The number of nitrogens with zero attached hydrogens (tertiary/aromatic N) is 4. The molecule has 11 heteroatoms. The smallest absolute Gasteiger partial charge is 0.657 e. The van der Waals surface area contributed by atoms with Crippen LogP contribution in [0.3, 0.4) is 0 Å². The second-order valence-electron chi connectivity index (χ2n) is 16.3. The third kappa shape index (κ3) is 11.6. The number of carbonyl (C=O) groups is 3. The number of aldehydes is 1. The van der Waals surface area contributed by atoms with Gasteiger partial charge in [-0.25, -0.2) is 9.97 Å². The first kappa shape index (κ1) is 47.6. The second-order valence-corrected chi connectivity index (χ2v) is 16.3. The summed E-state index contributed by atoms with van der Waals surface area (Å²) >= 11 is 0. The van der Waals surface area contributed by atoms with Gasteiger partial charge in [-0.3, -0.25) is 14.4 Å². The maximum Gasteiger partial charge on any atom is 2.00 e. The standard InChI is InChI=1S/C49H60N4O6.Fe/c1-9-34-31(6)39-25-45-49(46(55)18-12-17-30(5)16-11-15-29(4)14-10-13-28(2)3)33(8)40(52-45)24-44-37(27-54)36(20-22-48(58)59)43(53-44)26-42-35(19-21-47(56)57)32(7)38(51-42)23-41(34)50-39;/h9,13,17,23-27,29,46,55H,1,10-12,14-16,18-22H2,2-8H3,(H4,50,51,52,53,54,56,57,58,59);/q;+2/p-2/b30-17+,38-23?,39-25?,40-24?,41-23?,42-26?,43-26?,44-24?,45-25?;/t29?,46-;/m0./s1. The first-order valence-electron chi connectivity index (χ1n) is 20.7. The first-order chi connectivity index (χ1) is 28.1. The van der Waals surface area contributed by atoms with Crippen LogP contribution in [0.4, 0.5) is 0 Å². The molecule has 1 unspecified atom stereocenters. The normalized spacial score (nSPS) is 13.8. The zero-order valence-corrected chi connectivity index (χ0v) is 37.1. The van der Waals surface area contributed by atoms with E-state index in [4.69, 9.17) is 19.9 Å². The number of fused-ring (bicyclic) bond motifs is 8. The molecule has 3 aromatic rings. The van der Waals surface area contributed by atoms with Gasteiger partial charge in [0.25, 0.3) is 0 Å². The maximum absolute atomic E-state index is 12.8. The molecule has 0 spiro atoms. The average molecular weight is 855 g/mol. The molecule has 0 aromatic carbocycles. The molecule has 0 fully saturated rings. The van der Waals surface area contributed by atoms with E-state index in [1.165, 1.54) is 24.0 Å². The fourth-order valence-electron chi connectivity index (χ4n) is 8.01. The summed E-state index contributed by atoms with van der Waals surface area (Å²) in [5.41, 5.74) is 12.1. The molecular weight excluding hydrogens is 796 g/mol. The van der Waals surface area contributed by atoms with E-state index in [0.29, 0.717) is 86.6 Å². The predicted octanol–water partition coefficient (Wildman–Crippen LogP) is 10.7. The third-order valence-electron chi connectivity index (χ3n) is 11.5. The summed E-state index contributed by atoms with van der Waals surface area (Å²) in [6, 6.07) is 7.15. The Kier molecular flexibility index (Phi) is 17.0. The zero-order valence-electron chi connectivity index (χ0n) is 36.0. The largest absolute Gasteiger partial charge is 2.00 e. The van der Waals surface area contributed by atoms with Crippen LogP contribution in [0.1, 0.15) is 156 Å². The quantitative estimate of drug-likeness (QED) is 0.0600. The summed E-state index contributed by atoms with van der Waals surface area (Å²) in [6.45, 7) is 18.6. The van der Waals surface area contributed by atoms with Gasteiger partial charge in [0.15, 0.2) is 0 Å². The minimum Gasteiger partial charge on any atom is -0.657 e. The molecule has 5 heterocycles. The van der Waals surface area contributed by atoms with Crippen molar-refractivity contribution in [2.45, 2.75) is 125 Å². The predicted molar refractivity (Wildman–Crippen MR) is 238 cm³/mol. The Bertz CT molecular complexity index is 2420. The van der Waals surface area contributed by atoms with Gasteiger partial charge in [0.1, 0.15) is 6.29 Å². The Hall–Kier alpha value is -5.09. The second kappa shape index (κ2) is 21.4. The fourth-order valence-corrected chi connectivity index (χ4v) is 8.01. The number of aliphatic hydroxyl groups is 1. The number of aliphatic carboxylic acids is 2. The molecule has 0 radical (unpaired) electrons. The van der Waals surface area contributed by atoms with Crippen molar-refractivity contribution in [1.82, 2.24) is 19.9 Å². The number of aliphatic hydroxyl groups excluding tert-OH is 1. The van der Waals surface area contributed by atoms with Gasteiger partial charge in [-0.05, 0) is 121 Å². The first-order valence-corrected chi connectivity index (χ1v) is 20.7. The van der Waals surface area contributed by atoms with Crippen LogP contribution in [0.2, 0.25) is 0 Å². The maximum atomic E-state index is 12.8. The molecule has 2 aliphatic heterocycles. The van der Waals surface area contributed by atoms with Gasteiger partial charge in [-0.15, -0.1) is 22.1 Å². The van der Waals surface area contributed by atoms with Crippen molar-refractivity contribution in [3.8, 4) is 0 Å². The zero-order chi connectivity index (χ0) is 43.0. The van der Waals surface area contributed by atoms with Gasteiger partial charge < -0.3 is 25.3 Å². The van der Waals surface area contributed by atoms with Crippen LogP contribution < -0.4 is 9.97 Å². The number of hydrogen-bond donors (Lipinski definition) is 3. The topological polar surface area (TPSA) is 166 Å². The number of hydrogen-bond acceptors (Lipinski definition) is 6.